The number of sulfonamides is 1. The van der Waals surface area contributed by atoms with Crippen LogP contribution < -0.4 is 10.0 Å². The number of benzene rings is 2. The Morgan fingerprint density at radius 3 is 1.91 bits per heavy atom. The Hall–Kier alpha value is -4.64. The van der Waals surface area contributed by atoms with Crippen LogP contribution in [0.15, 0.2) is 103 Å². The van der Waals surface area contributed by atoms with E-state index in [0.717, 1.165) is 11.4 Å². The molecule has 2 aromatic carbocycles. The number of rotatable bonds is 7. The summed E-state index contributed by atoms with van der Waals surface area (Å²) in [5.74, 6) is -0.457. The van der Waals surface area contributed by atoms with Crippen molar-refractivity contribution in [1.29, 1.82) is 0 Å². The van der Waals surface area contributed by atoms with Gasteiger partial charge in [0, 0.05) is 53.7 Å². The highest BCUT2D eigenvalue weighted by Gasteiger charge is 2.19. The van der Waals surface area contributed by atoms with Crippen molar-refractivity contribution in [2.45, 2.75) is 4.90 Å². The van der Waals surface area contributed by atoms with Crippen LogP contribution in [0.25, 0.3) is 11.4 Å². The minimum atomic E-state index is -3.89. The number of imidazole rings is 2. The molecule has 170 valence electrons. The summed E-state index contributed by atoms with van der Waals surface area (Å²) in [5, 5.41) is 2.75. The number of carbonyl (C=O) groups is 1. The summed E-state index contributed by atoms with van der Waals surface area (Å²) < 4.78 is 31.7. The van der Waals surface area contributed by atoms with Gasteiger partial charge in [-0.25, -0.2) is 18.4 Å². The molecule has 0 aliphatic heterocycles. The average molecular weight is 474 g/mol. The molecule has 0 spiro atoms. The Morgan fingerprint density at radius 2 is 1.38 bits per heavy atom. The first kappa shape index (κ1) is 21.2. The zero-order chi connectivity index (χ0) is 23.5. The zero-order valence-electron chi connectivity index (χ0n) is 17.7. The van der Waals surface area contributed by atoms with Crippen LogP contribution in [0.4, 0.5) is 11.4 Å². The van der Waals surface area contributed by atoms with Crippen molar-refractivity contribution in [3.63, 3.8) is 0 Å². The molecule has 0 fully saturated rings. The normalized spacial score (nSPS) is 11.3. The molecule has 10 nitrogen and oxygen atoms in total. The van der Waals surface area contributed by atoms with E-state index in [1.807, 2.05) is 22.9 Å². The van der Waals surface area contributed by atoms with Crippen molar-refractivity contribution in [2.24, 2.45) is 0 Å². The average Bonchev–Trinajstić information content (AvgIpc) is 3.63. The third-order valence-electron chi connectivity index (χ3n) is 5.06. The van der Waals surface area contributed by atoms with Gasteiger partial charge in [0.15, 0.2) is 0 Å². The molecular weight excluding hydrogens is 454 g/mol. The van der Waals surface area contributed by atoms with Gasteiger partial charge in [0.25, 0.3) is 15.9 Å². The highest BCUT2D eigenvalue weighted by atomic mass is 32.2. The first-order valence-corrected chi connectivity index (χ1v) is 11.7. The first-order chi connectivity index (χ1) is 16.5. The molecule has 0 saturated heterocycles. The molecule has 1 amide bonds. The molecule has 0 aliphatic carbocycles. The quantitative estimate of drug-likeness (QED) is 0.334. The fourth-order valence-electron chi connectivity index (χ4n) is 3.32. The smallest absolute Gasteiger partial charge is 0.272 e. The van der Waals surface area contributed by atoms with Crippen LogP contribution in [0, 0.1) is 0 Å². The molecule has 0 atom stereocenters. The Labute approximate surface area is 195 Å². The Kier molecular flexibility index (Phi) is 5.44. The second-order valence-electron chi connectivity index (χ2n) is 7.34. The van der Waals surface area contributed by atoms with Crippen LogP contribution >= 0.6 is 0 Å². The zero-order valence-corrected chi connectivity index (χ0v) is 18.5. The molecular formula is C23H19N7O3S. The summed E-state index contributed by atoms with van der Waals surface area (Å²) >= 11 is 0. The van der Waals surface area contributed by atoms with E-state index in [1.165, 1.54) is 12.3 Å². The maximum absolute atomic E-state index is 12.8. The molecule has 0 unspecified atom stereocenters. The topological polar surface area (TPSA) is 127 Å². The number of anilines is 2. The van der Waals surface area contributed by atoms with Crippen molar-refractivity contribution < 1.29 is 13.2 Å². The number of hydrogen-bond donors (Lipinski definition) is 3. The fraction of sp³-hybridized carbons (Fsp3) is 0. The van der Waals surface area contributed by atoms with Crippen molar-refractivity contribution in [3.05, 3.63) is 104 Å². The number of nitrogens with zero attached hydrogens (tertiary/aromatic N) is 4. The van der Waals surface area contributed by atoms with E-state index in [0.29, 0.717) is 11.4 Å². The van der Waals surface area contributed by atoms with Gasteiger partial charge in [0.1, 0.15) is 10.6 Å². The molecule has 0 bridgehead atoms. The van der Waals surface area contributed by atoms with E-state index >= 15 is 0 Å². The number of amides is 1. The van der Waals surface area contributed by atoms with Crippen molar-refractivity contribution in [1.82, 2.24) is 24.1 Å². The molecule has 3 aromatic heterocycles. The molecule has 0 radical (unpaired) electrons. The monoisotopic (exact) mass is 473 g/mol. The summed E-state index contributed by atoms with van der Waals surface area (Å²) in [5.41, 5.74) is 2.83. The third-order valence-corrected chi connectivity index (χ3v) is 6.42. The maximum Gasteiger partial charge on any atom is 0.272 e. The molecule has 3 N–H and O–H groups in total. The van der Waals surface area contributed by atoms with Crippen LogP contribution in [-0.4, -0.2) is 38.4 Å². The van der Waals surface area contributed by atoms with Gasteiger partial charge in [0.2, 0.25) is 0 Å². The summed E-state index contributed by atoms with van der Waals surface area (Å²) in [6.07, 6.45) is 11.6. The third kappa shape index (κ3) is 4.45. The fourth-order valence-corrected chi connectivity index (χ4v) is 4.37. The highest BCUT2D eigenvalue weighted by Crippen LogP contribution is 2.20. The summed E-state index contributed by atoms with van der Waals surface area (Å²) in [6, 6.07) is 15.3. The van der Waals surface area contributed by atoms with Gasteiger partial charge in [-0.15, -0.1) is 0 Å². The number of carbonyl (C=O) groups excluding carboxylic acids is 1. The molecule has 5 rings (SSSR count). The second kappa shape index (κ2) is 8.71. The van der Waals surface area contributed by atoms with Gasteiger partial charge in [-0.05, 0) is 54.6 Å². The van der Waals surface area contributed by atoms with E-state index in [4.69, 9.17) is 0 Å². The largest absolute Gasteiger partial charge is 0.356 e. The van der Waals surface area contributed by atoms with Gasteiger partial charge in [0.05, 0.1) is 12.7 Å². The van der Waals surface area contributed by atoms with E-state index in [9.17, 15) is 13.2 Å². The Balaban J connectivity index is 1.25. The number of aromatic nitrogens is 5. The van der Waals surface area contributed by atoms with Crippen molar-refractivity contribution >= 4 is 27.3 Å². The van der Waals surface area contributed by atoms with E-state index in [-0.39, 0.29) is 10.6 Å². The summed E-state index contributed by atoms with van der Waals surface area (Å²) in [6.45, 7) is 0. The standard InChI is InChI=1S/C23H19N7O3S/c31-23(27-17-1-5-19(6-2-17)29-11-9-24-15-29)22-13-21(14-26-22)34(32,33)28-18-3-7-20(8-4-18)30-12-10-25-16-30/h1-16,26,28H,(H,27,31). The van der Waals surface area contributed by atoms with Gasteiger partial charge in [-0.2, -0.15) is 0 Å². The number of nitrogens with one attached hydrogen (secondary N) is 3. The number of H-pyrrole nitrogens is 1. The summed E-state index contributed by atoms with van der Waals surface area (Å²) in [4.78, 5) is 23.3. The van der Waals surface area contributed by atoms with Crippen LogP contribution in [0.5, 0.6) is 0 Å². The maximum atomic E-state index is 12.8. The lowest BCUT2D eigenvalue weighted by atomic mass is 10.2. The van der Waals surface area contributed by atoms with E-state index < -0.39 is 15.9 Å². The van der Waals surface area contributed by atoms with Gasteiger partial charge < -0.3 is 19.4 Å². The van der Waals surface area contributed by atoms with Crippen LogP contribution in [0.3, 0.4) is 0 Å². The molecule has 3 heterocycles. The minimum absolute atomic E-state index is 0.0493. The molecule has 5 aromatic rings. The van der Waals surface area contributed by atoms with E-state index in [2.05, 4.69) is 25.0 Å². The van der Waals surface area contributed by atoms with Crippen molar-refractivity contribution in [2.75, 3.05) is 10.0 Å². The Morgan fingerprint density at radius 1 is 0.824 bits per heavy atom. The first-order valence-electron chi connectivity index (χ1n) is 10.2. The van der Waals surface area contributed by atoms with E-state index in [1.54, 1.807) is 72.2 Å². The predicted molar refractivity (Wildman–Crippen MR) is 127 cm³/mol. The second-order valence-corrected chi connectivity index (χ2v) is 9.02. The lowest BCUT2D eigenvalue weighted by molar-refractivity contribution is 0.102. The molecule has 34 heavy (non-hydrogen) atoms. The number of hydrogen-bond acceptors (Lipinski definition) is 5. The van der Waals surface area contributed by atoms with Crippen LogP contribution in [-0.2, 0) is 10.0 Å². The van der Waals surface area contributed by atoms with Crippen LogP contribution in [0.1, 0.15) is 10.5 Å². The molecule has 0 saturated carbocycles. The Bertz CT molecular complexity index is 1500. The lowest BCUT2D eigenvalue weighted by Gasteiger charge is -2.08. The summed E-state index contributed by atoms with van der Waals surface area (Å²) in [7, 11) is -3.89. The molecule has 0 aliphatic rings. The van der Waals surface area contributed by atoms with Gasteiger partial charge in [-0.1, -0.05) is 0 Å². The van der Waals surface area contributed by atoms with Crippen molar-refractivity contribution in [3.8, 4) is 11.4 Å². The van der Waals surface area contributed by atoms with Gasteiger partial charge in [-0.3, -0.25) is 9.52 Å². The molecule has 11 heteroatoms. The van der Waals surface area contributed by atoms with Gasteiger partial charge >= 0.3 is 0 Å². The lowest BCUT2D eigenvalue weighted by Crippen LogP contribution is -2.13. The number of aromatic amines is 1. The van der Waals surface area contributed by atoms with Crippen LogP contribution in [0.2, 0.25) is 0 Å². The predicted octanol–water partition coefficient (Wildman–Crippen LogP) is 3.44. The SMILES string of the molecule is O=C(Nc1ccc(-n2ccnc2)cc1)c1cc(S(=O)(=O)Nc2ccc(-n3ccnc3)cc2)c[nH]1. The minimum Gasteiger partial charge on any atom is -0.356 e. The highest BCUT2D eigenvalue weighted by molar-refractivity contribution is 7.92.